The van der Waals surface area contributed by atoms with Gasteiger partial charge in [0.2, 0.25) is 0 Å². The maximum Gasteiger partial charge on any atom is 0.175 e. The number of benzene rings is 1. The van der Waals surface area contributed by atoms with Crippen molar-refractivity contribution in [2.75, 3.05) is 11.1 Å². The molecule has 1 aromatic heterocycles. The number of nitrogens with zero attached hydrogens (tertiary/aromatic N) is 2. The van der Waals surface area contributed by atoms with Gasteiger partial charge < -0.3 is 11.1 Å². The molecular weight excluding hydrogens is 294 g/mol. The summed E-state index contributed by atoms with van der Waals surface area (Å²) in [4.78, 5) is 0. The van der Waals surface area contributed by atoms with E-state index >= 15 is 0 Å². The molecule has 0 unspecified atom stereocenters. The van der Waals surface area contributed by atoms with E-state index < -0.39 is 11.6 Å². The van der Waals surface area contributed by atoms with E-state index in [1.54, 1.807) is 13.2 Å². The first-order chi connectivity index (χ1) is 7.97. The highest BCUT2D eigenvalue weighted by Crippen LogP contribution is 2.27. The fourth-order valence-electron chi connectivity index (χ4n) is 1.35. The van der Waals surface area contributed by atoms with Gasteiger partial charge in [0, 0.05) is 19.3 Å². The van der Waals surface area contributed by atoms with Gasteiger partial charge >= 0.3 is 0 Å². The van der Waals surface area contributed by atoms with Crippen molar-refractivity contribution in [2.24, 2.45) is 7.05 Å². The molecule has 0 aliphatic carbocycles. The van der Waals surface area contributed by atoms with Crippen LogP contribution in [0.4, 0.5) is 26.0 Å². The minimum Gasteiger partial charge on any atom is -0.394 e. The zero-order chi connectivity index (χ0) is 12.6. The van der Waals surface area contributed by atoms with Crippen molar-refractivity contribution in [3.8, 4) is 0 Å². The molecule has 17 heavy (non-hydrogen) atoms. The molecule has 1 heterocycles. The number of nitrogens with one attached hydrogen (secondary N) is 1. The minimum absolute atomic E-state index is 0.0175. The summed E-state index contributed by atoms with van der Waals surface area (Å²) in [5.74, 6) is -0.875. The summed E-state index contributed by atoms with van der Waals surface area (Å²) in [7, 11) is 1.68. The molecule has 0 amide bonds. The summed E-state index contributed by atoms with van der Waals surface area (Å²) in [5, 5.41) is 6.62. The van der Waals surface area contributed by atoms with E-state index in [0.29, 0.717) is 5.69 Å². The van der Waals surface area contributed by atoms with Gasteiger partial charge in [0.25, 0.3) is 0 Å². The van der Waals surface area contributed by atoms with Crippen LogP contribution >= 0.6 is 15.9 Å². The van der Waals surface area contributed by atoms with Gasteiger partial charge in [-0.2, -0.15) is 5.10 Å². The molecule has 0 atom stereocenters. The second-order valence-electron chi connectivity index (χ2n) is 3.48. The first-order valence-corrected chi connectivity index (χ1v) is 5.47. The zero-order valence-electron chi connectivity index (χ0n) is 8.84. The van der Waals surface area contributed by atoms with E-state index in [2.05, 4.69) is 26.3 Å². The summed E-state index contributed by atoms with van der Waals surface area (Å²) >= 11 is 2.90. The average molecular weight is 303 g/mol. The Morgan fingerprint density at radius 3 is 2.65 bits per heavy atom. The maximum absolute atomic E-state index is 13.5. The molecule has 2 rings (SSSR count). The Morgan fingerprint density at radius 2 is 2.06 bits per heavy atom. The van der Waals surface area contributed by atoms with Crippen molar-refractivity contribution < 1.29 is 8.78 Å². The SMILES string of the molecule is Cn1cc(N)c(Nc2cc(F)c(Br)cc2F)n1. The van der Waals surface area contributed by atoms with Crippen LogP contribution in [0.25, 0.3) is 0 Å². The van der Waals surface area contributed by atoms with Crippen LogP contribution in [-0.4, -0.2) is 9.78 Å². The van der Waals surface area contributed by atoms with Gasteiger partial charge in [-0.15, -0.1) is 0 Å². The normalized spacial score (nSPS) is 10.6. The number of halogens is 3. The summed E-state index contributed by atoms with van der Waals surface area (Å²) in [6.45, 7) is 0. The van der Waals surface area contributed by atoms with Crippen LogP contribution in [0.5, 0.6) is 0 Å². The number of nitrogens with two attached hydrogens (primary N) is 1. The fourth-order valence-corrected chi connectivity index (χ4v) is 1.67. The standard InChI is InChI=1S/C10H9BrF2N4/c1-17-4-8(14)10(16-17)15-9-3-6(12)5(11)2-7(9)13/h2-4H,14H2,1H3,(H,15,16). The fraction of sp³-hybridized carbons (Fsp3) is 0.100. The van der Waals surface area contributed by atoms with Crippen LogP contribution in [-0.2, 0) is 7.05 Å². The minimum atomic E-state index is -0.594. The highest BCUT2D eigenvalue weighted by molar-refractivity contribution is 9.10. The number of hydrogen-bond donors (Lipinski definition) is 2. The molecule has 0 aliphatic heterocycles. The topological polar surface area (TPSA) is 55.9 Å². The summed E-state index contributed by atoms with van der Waals surface area (Å²) in [5.41, 5.74) is 5.98. The lowest BCUT2D eigenvalue weighted by atomic mass is 10.3. The van der Waals surface area contributed by atoms with Gasteiger partial charge in [0.1, 0.15) is 11.6 Å². The van der Waals surface area contributed by atoms with Crippen LogP contribution < -0.4 is 11.1 Å². The molecule has 0 radical (unpaired) electrons. The number of rotatable bonds is 2. The van der Waals surface area contributed by atoms with E-state index in [0.717, 1.165) is 12.1 Å². The third-order valence-electron chi connectivity index (χ3n) is 2.12. The first kappa shape index (κ1) is 11.8. The van der Waals surface area contributed by atoms with E-state index in [1.807, 2.05) is 0 Å². The lowest BCUT2D eigenvalue weighted by Gasteiger charge is -2.06. The molecule has 0 spiro atoms. The van der Waals surface area contributed by atoms with Crippen LogP contribution in [0.1, 0.15) is 0 Å². The molecule has 4 nitrogen and oxygen atoms in total. The molecular formula is C10H9BrF2N4. The average Bonchev–Trinajstić information content (AvgIpc) is 2.54. The number of aromatic nitrogens is 2. The third kappa shape index (κ3) is 2.38. The summed E-state index contributed by atoms with van der Waals surface area (Å²) in [6.07, 6.45) is 1.56. The summed E-state index contributed by atoms with van der Waals surface area (Å²) < 4.78 is 28.3. The summed E-state index contributed by atoms with van der Waals surface area (Å²) in [6, 6.07) is 2.07. The van der Waals surface area contributed by atoms with Crippen LogP contribution in [0.2, 0.25) is 0 Å². The molecule has 0 saturated heterocycles. The molecule has 0 fully saturated rings. The van der Waals surface area contributed by atoms with Gasteiger partial charge in [0.15, 0.2) is 5.82 Å². The monoisotopic (exact) mass is 302 g/mol. The first-order valence-electron chi connectivity index (χ1n) is 4.68. The Bertz CT molecular complexity index is 568. The lowest BCUT2D eigenvalue weighted by Crippen LogP contribution is -1.99. The van der Waals surface area contributed by atoms with Crippen molar-refractivity contribution in [1.82, 2.24) is 9.78 Å². The second kappa shape index (κ2) is 4.33. The number of aryl methyl sites for hydroxylation is 1. The molecule has 90 valence electrons. The van der Waals surface area contributed by atoms with E-state index in [-0.39, 0.29) is 16.0 Å². The number of nitrogen functional groups attached to an aromatic ring is 1. The highest BCUT2D eigenvalue weighted by atomic mass is 79.9. The van der Waals surface area contributed by atoms with E-state index in [9.17, 15) is 8.78 Å². The van der Waals surface area contributed by atoms with Gasteiger partial charge in [-0.05, 0) is 22.0 Å². The predicted molar refractivity (Wildman–Crippen MR) is 65.0 cm³/mol. The predicted octanol–water partition coefficient (Wildman–Crippen LogP) is 2.79. The van der Waals surface area contributed by atoms with Gasteiger partial charge in [-0.1, -0.05) is 0 Å². The number of anilines is 3. The van der Waals surface area contributed by atoms with Crippen LogP contribution in [0, 0.1) is 11.6 Å². The van der Waals surface area contributed by atoms with E-state index in [1.165, 1.54) is 4.68 Å². The molecule has 0 saturated carbocycles. The van der Waals surface area contributed by atoms with Gasteiger partial charge in [0.05, 0.1) is 15.8 Å². The Kier molecular flexibility index (Phi) is 3.01. The van der Waals surface area contributed by atoms with Crippen LogP contribution in [0.15, 0.2) is 22.8 Å². The molecule has 3 N–H and O–H groups in total. The van der Waals surface area contributed by atoms with Crippen LogP contribution in [0.3, 0.4) is 0 Å². The lowest BCUT2D eigenvalue weighted by molar-refractivity contribution is 0.597. The Hall–Kier alpha value is -1.63. The molecule has 7 heteroatoms. The Labute approximate surface area is 105 Å². The Morgan fingerprint density at radius 1 is 1.35 bits per heavy atom. The molecule has 0 aliphatic rings. The third-order valence-corrected chi connectivity index (χ3v) is 2.73. The maximum atomic E-state index is 13.5. The van der Waals surface area contributed by atoms with Crippen molar-refractivity contribution in [3.63, 3.8) is 0 Å². The van der Waals surface area contributed by atoms with Gasteiger partial charge in [-0.3, -0.25) is 4.68 Å². The number of hydrogen-bond acceptors (Lipinski definition) is 3. The molecule has 0 bridgehead atoms. The van der Waals surface area contributed by atoms with Crippen molar-refractivity contribution in [1.29, 1.82) is 0 Å². The largest absolute Gasteiger partial charge is 0.394 e. The van der Waals surface area contributed by atoms with Crippen molar-refractivity contribution in [3.05, 3.63) is 34.4 Å². The molecule has 1 aromatic carbocycles. The molecule has 2 aromatic rings. The highest BCUT2D eigenvalue weighted by Gasteiger charge is 2.11. The smallest absolute Gasteiger partial charge is 0.175 e. The van der Waals surface area contributed by atoms with Crippen molar-refractivity contribution in [2.45, 2.75) is 0 Å². The van der Waals surface area contributed by atoms with Gasteiger partial charge in [-0.25, -0.2) is 8.78 Å². The quantitative estimate of drug-likeness (QED) is 0.839. The second-order valence-corrected chi connectivity index (χ2v) is 4.33. The Balaban J connectivity index is 2.36. The zero-order valence-corrected chi connectivity index (χ0v) is 10.4. The van der Waals surface area contributed by atoms with E-state index in [4.69, 9.17) is 5.73 Å². The van der Waals surface area contributed by atoms with Crippen molar-refractivity contribution >= 4 is 33.1 Å².